The number of methoxy groups -OCH3 is 1. The molecule has 2 rings (SSSR count). The van der Waals surface area contributed by atoms with Crippen LogP contribution in [0.5, 0.6) is 0 Å². The van der Waals surface area contributed by atoms with E-state index in [1.54, 1.807) is 16.9 Å². The average molecular weight is 297 g/mol. The van der Waals surface area contributed by atoms with Crippen LogP contribution >= 0.6 is 0 Å². The minimum atomic E-state index is -0.869. The predicted octanol–water partition coefficient (Wildman–Crippen LogP) is -0.780. The lowest BCUT2D eigenvalue weighted by atomic mass is 10.0. The smallest absolute Gasteiger partial charge is 0.238 e. The number of nitrogens with zero attached hydrogens (tertiary/aromatic N) is 2. The monoisotopic (exact) mass is 297 g/mol. The van der Waals surface area contributed by atoms with E-state index in [1.807, 2.05) is 0 Å². The molecule has 1 saturated heterocycles. The van der Waals surface area contributed by atoms with Crippen molar-refractivity contribution in [3.8, 4) is 0 Å². The summed E-state index contributed by atoms with van der Waals surface area (Å²) in [6.07, 6.45) is 1.22. The molecule has 0 aromatic rings. The number of hydrogen-bond donors (Lipinski definition) is 1. The Labute approximate surface area is 124 Å². The van der Waals surface area contributed by atoms with Crippen molar-refractivity contribution >= 4 is 17.7 Å². The lowest BCUT2D eigenvalue weighted by Gasteiger charge is -2.35. The van der Waals surface area contributed by atoms with Gasteiger partial charge in [-0.05, 0) is 12.8 Å². The quantitative estimate of drug-likeness (QED) is 0.533. The van der Waals surface area contributed by atoms with Gasteiger partial charge in [-0.3, -0.25) is 14.4 Å². The highest BCUT2D eigenvalue weighted by Gasteiger charge is 2.58. The third kappa shape index (κ3) is 3.34. The molecule has 2 aliphatic rings. The Balaban J connectivity index is 1.88. The summed E-state index contributed by atoms with van der Waals surface area (Å²) in [5, 5.41) is 2.76. The minimum Gasteiger partial charge on any atom is -0.383 e. The van der Waals surface area contributed by atoms with E-state index in [-0.39, 0.29) is 17.7 Å². The Kier molecular flexibility index (Phi) is 4.82. The molecule has 0 aromatic heterocycles. The van der Waals surface area contributed by atoms with Crippen LogP contribution in [-0.4, -0.2) is 74.0 Å². The van der Waals surface area contributed by atoms with E-state index in [2.05, 4.69) is 5.32 Å². The van der Waals surface area contributed by atoms with Crippen molar-refractivity contribution in [2.75, 3.05) is 46.4 Å². The van der Waals surface area contributed by atoms with E-state index in [4.69, 9.17) is 4.74 Å². The summed E-state index contributed by atoms with van der Waals surface area (Å²) in [4.78, 5) is 39.5. The average Bonchev–Trinajstić information content (AvgIpc) is 3.28. The second-order valence-electron chi connectivity index (χ2n) is 5.63. The number of nitrogens with one attached hydrogen (secondary N) is 1. The van der Waals surface area contributed by atoms with Crippen LogP contribution in [0.3, 0.4) is 0 Å². The van der Waals surface area contributed by atoms with Crippen molar-refractivity contribution in [2.24, 2.45) is 5.41 Å². The Bertz CT molecular complexity index is 426. The Morgan fingerprint density at radius 2 is 1.67 bits per heavy atom. The number of piperazine rings is 1. The minimum absolute atomic E-state index is 0.0283. The van der Waals surface area contributed by atoms with Gasteiger partial charge in [0, 0.05) is 46.8 Å². The van der Waals surface area contributed by atoms with Crippen LogP contribution in [0.15, 0.2) is 0 Å². The van der Waals surface area contributed by atoms with Crippen molar-refractivity contribution in [3.05, 3.63) is 0 Å². The van der Waals surface area contributed by atoms with Gasteiger partial charge >= 0.3 is 0 Å². The van der Waals surface area contributed by atoms with Crippen LogP contribution in [0, 0.1) is 5.41 Å². The standard InChI is InChI=1S/C14H23N3O4/c1-11(18)16-6-8-17(9-7-16)13(20)14(3-4-14)12(19)15-5-10-21-2/h3-10H2,1-2H3,(H,15,19). The summed E-state index contributed by atoms with van der Waals surface area (Å²) in [5.74, 6) is -0.264. The molecule has 21 heavy (non-hydrogen) atoms. The van der Waals surface area contributed by atoms with Crippen LogP contribution < -0.4 is 5.32 Å². The molecule has 0 aromatic carbocycles. The summed E-state index contributed by atoms with van der Waals surface area (Å²) in [6, 6.07) is 0. The number of ether oxygens (including phenoxy) is 1. The zero-order chi connectivity index (χ0) is 15.5. The third-order valence-electron chi connectivity index (χ3n) is 4.20. The number of amides is 3. The zero-order valence-corrected chi connectivity index (χ0v) is 12.7. The number of carbonyl (C=O) groups excluding carboxylic acids is 3. The predicted molar refractivity (Wildman–Crippen MR) is 75.4 cm³/mol. The van der Waals surface area contributed by atoms with Crippen molar-refractivity contribution < 1.29 is 19.1 Å². The molecule has 7 heteroatoms. The van der Waals surface area contributed by atoms with Gasteiger partial charge in [0.15, 0.2) is 0 Å². The molecule has 2 fully saturated rings. The molecular formula is C14H23N3O4. The van der Waals surface area contributed by atoms with Gasteiger partial charge in [-0.2, -0.15) is 0 Å². The van der Waals surface area contributed by atoms with Gasteiger partial charge in [0.25, 0.3) is 0 Å². The molecule has 0 radical (unpaired) electrons. The van der Waals surface area contributed by atoms with E-state index >= 15 is 0 Å². The highest BCUT2D eigenvalue weighted by Crippen LogP contribution is 2.47. The number of rotatable bonds is 5. The first-order valence-electron chi connectivity index (χ1n) is 7.33. The van der Waals surface area contributed by atoms with Gasteiger partial charge in [0.1, 0.15) is 5.41 Å². The Morgan fingerprint density at radius 3 is 2.14 bits per heavy atom. The first kappa shape index (κ1) is 15.8. The summed E-state index contributed by atoms with van der Waals surface area (Å²) in [6.45, 7) is 4.49. The summed E-state index contributed by atoms with van der Waals surface area (Å²) in [5.41, 5.74) is -0.869. The second-order valence-corrected chi connectivity index (χ2v) is 5.63. The van der Waals surface area contributed by atoms with E-state index in [9.17, 15) is 14.4 Å². The molecule has 1 aliphatic carbocycles. The fourth-order valence-corrected chi connectivity index (χ4v) is 2.63. The fourth-order valence-electron chi connectivity index (χ4n) is 2.63. The first-order valence-corrected chi connectivity index (χ1v) is 7.33. The molecule has 0 bridgehead atoms. The van der Waals surface area contributed by atoms with Crippen molar-refractivity contribution in [2.45, 2.75) is 19.8 Å². The van der Waals surface area contributed by atoms with E-state index in [1.165, 1.54) is 6.92 Å². The van der Waals surface area contributed by atoms with Gasteiger partial charge in [-0.25, -0.2) is 0 Å². The molecule has 1 N–H and O–H groups in total. The first-order chi connectivity index (χ1) is 10.0. The Hall–Kier alpha value is -1.63. The van der Waals surface area contributed by atoms with Crippen LogP contribution in [-0.2, 0) is 19.1 Å². The number of carbonyl (C=O) groups is 3. The second kappa shape index (κ2) is 6.43. The van der Waals surface area contributed by atoms with Gasteiger partial charge in [0.2, 0.25) is 17.7 Å². The summed E-state index contributed by atoms with van der Waals surface area (Å²) < 4.78 is 4.89. The molecular weight excluding hydrogens is 274 g/mol. The summed E-state index contributed by atoms with van der Waals surface area (Å²) in [7, 11) is 1.57. The van der Waals surface area contributed by atoms with Gasteiger partial charge in [-0.15, -0.1) is 0 Å². The SMILES string of the molecule is COCCNC(=O)C1(C(=O)N2CCN(C(C)=O)CC2)CC1. The molecule has 0 unspecified atom stereocenters. The zero-order valence-electron chi connectivity index (χ0n) is 12.7. The third-order valence-corrected chi connectivity index (χ3v) is 4.20. The maximum atomic E-state index is 12.6. The lowest BCUT2D eigenvalue weighted by molar-refractivity contribution is -0.147. The maximum Gasteiger partial charge on any atom is 0.238 e. The molecule has 3 amide bonds. The van der Waals surface area contributed by atoms with Crippen LogP contribution in [0.2, 0.25) is 0 Å². The Morgan fingerprint density at radius 1 is 1.10 bits per heavy atom. The molecule has 7 nitrogen and oxygen atoms in total. The van der Waals surface area contributed by atoms with Crippen molar-refractivity contribution in [3.63, 3.8) is 0 Å². The van der Waals surface area contributed by atoms with Crippen LogP contribution in [0.1, 0.15) is 19.8 Å². The van der Waals surface area contributed by atoms with Gasteiger partial charge < -0.3 is 19.9 Å². The van der Waals surface area contributed by atoms with Gasteiger partial charge in [-0.1, -0.05) is 0 Å². The molecule has 1 saturated carbocycles. The van der Waals surface area contributed by atoms with E-state index in [0.29, 0.717) is 52.2 Å². The molecule has 1 heterocycles. The lowest BCUT2D eigenvalue weighted by Crippen LogP contribution is -2.54. The largest absolute Gasteiger partial charge is 0.383 e. The van der Waals surface area contributed by atoms with E-state index < -0.39 is 5.41 Å². The van der Waals surface area contributed by atoms with Gasteiger partial charge in [0.05, 0.1) is 6.61 Å². The van der Waals surface area contributed by atoms with E-state index in [0.717, 1.165) is 0 Å². The summed E-state index contributed by atoms with van der Waals surface area (Å²) >= 11 is 0. The normalized spacial score (nSPS) is 20.1. The van der Waals surface area contributed by atoms with Crippen molar-refractivity contribution in [1.29, 1.82) is 0 Å². The molecule has 0 atom stereocenters. The fraction of sp³-hybridized carbons (Fsp3) is 0.786. The maximum absolute atomic E-state index is 12.6. The number of hydrogen-bond acceptors (Lipinski definition) is 4. The van der Waals surface area contributed by atoms with Crippen molar-refractivity contribution in [1.82, 2.24) is 15.1 Å². The molecule has 1 aliphatic heterocycles. The highest BCUT2D eigenvalue weighted by atomic mass is 16.5. The topological polar surface area (TPSA) is 79.0 Å². The van der Waals surface area contributed by atoms with Crippen LogP contribution in [0.4, 0.5) is 0 Å². The molecule has 118 valence electrons. The highest BCUT2D eigenvalue weighted by molar-refractivity contribution is 6.07. The molecule has 0 spiro atoms. The van der Waals surface area contributed by atoms with Crippen LogP contribution in [0.25, 0.3) is 0 Å².